The van der Waals surface area contributed by atoms with Crippen molar-refractivity contribution in [3.8, 4) is 22.6 Å². The molecule has 4 rings (SSSR count). The van der Waals surface area contributed by atoms with Crippen LogP contribution in [0.15, 0.2) is 66.0 Å². The molecule has 0 unspecified atom stereocenters. The topological polar surface area (TPSA) is 35.5 Å². The molecule has 0 N–H and O–H groups in total. The highest BCUT2D eigenvalue weighted by Crippen LogP contribution is 2.39. The first-order chi connectivity index (χ1) is 14.6. The number of benzene rings is 3. The van der Waals surface area contributed by atoms with E-state index in [-0.39, 0.29) is 5.78 Å². The average molecular weight is 481 g/mol. The van der Waals surface area contributed by atoms with Gasteiger partial charge in [0.05, 0.1) is 13.7 Å². The van der Waals surface area contributed by atoms with Crippen molar-refractivity contribution in [2.24, 2.45) is 0 Å². The number of carbonyl (C=O) groups excluding carboxylic acids is 1. The van der Waals surface area contributed by atoms with Gasteiger partial charge in [-0.2, -0.15) is 0 Å². The van der Waals surface area contributed by atoms with Gasteiger partial charge in [-0.3, -0.25) is 4.79 Å². The Labute approximate surface area is 188 Å². The summed E-state index contributed by atoms with van der Waals surface area (Å²) >= 11 is 4.99. The molecule has 0 spiro atoms. The quantitative estimate of drug-likeness (QED) is 0.213. The maximum atomic E-state index is 13.8. The van der Waals surface area contributed by atoms with E-state index in [2.05, 4.69) is 15.9 Å². The summed E-state index contributed by atoms with van der Waals surface area (Å²) < 4.78 is 12.6. The lowest BCUT2D eigenvalue weighted by Crippen LogP contribution is -2.08. The predicted octanol–water partition coefficient (Wildman–Crippen LogP) is 6.89. The number of halogens is 1. The van der Waals surface area contributed by atoms with Gasteiger partial charge in [0.1, 0.15) is 11.5 Å². The van der Waals surface area contributed by atoms with Gasteiger partial charge < -0.3 is 9.47 Å². The number of ketones is 1. The third kappa shape index (κ3) is 3.87. The zero-order valence-corrected chi connectivity index (χ0v) is 19.2. The Balaban J connectivity index is 1.93. The minimum Gasteiger partial charge on any atom is -0.496 e. The summed E-state index contributed by atoms with van der Waals surface area (Å²) in [5, 5.41) is 3.67. The van der Waals surface area contributed by atoms with Crippen LogP contribution in [0.2, 0.25) is 0 Å². The van der Waals surface area contributed by atoms with Gasteiger partial charge in [0.2, 0.25) is 0 Å². The first-order valence-electron chi connectivity index (χ1n) is 9.61. The number of hydrogen-bond donors (Lipinski definition) is 0. The molecule has 0 atom stereocenters. The number of aryl methyl sites for hydroxylation is 1. The monoisotopic (exact) mass is 480 g/mol. The largest absolute Gasteiger partial charge is 0.496 e. The molecule has 0 saturated heterocycles. The van der Waals surface area contributed by atoms with Crippen molar-refractivity contribution in [3.63, 3.8) is 0 Å². The number of fused-ring (bicyclic) bond motifs is 1. The van der Waals surface area contributed by atoms with E-state index in [1.807, 2.05) is 73.0 Å². The first-order valence-corrected chi connectivity index (χ1v) is 11.6. The van der Waals surface area contributed by atoms with E-state index in [1.54, 1.807) is 18.4 Å². The SMILES string of the molecule is COc1ccccc1-c1cc(OCCBr)cc(C)c1C(=O)c1csc2ccccc12. The summed E-state index contributed by atoms with van der Waals surface area (Å²) in [6, 6.07) is 19.6. The number of hydrogen-bond acceptors (Lipinski definition) is 4. The summed E-state index contributed by atoms with van der Waals surface area (Å²) in [7, 11) is 1.64. The van der Waals surface area contributed by atoms with Crippen molar-refractivity contribution >= 4 is 43.1 Å². The van der Waals surface area contributed by atoms with Gasteiger partial charge in [0.15, 0.2) is 5.78 Å². The van der Waals surface area contributed by atoms with Crippen molar-refractivity contribution in [1.82, 2.24) is 0 Å². The molecule has 0 aliphatic heterocycles. The Morgan fingerprint density at radius 1 is 1.03 bits per heavy atom. The summed E-state index contributed by atoms with van der Waals surface area (Å²) in [6.07, 6.45) is 0. The smallest absolute Gasteiger partial charge is 0.195 e. The zero-order valence-electron chi connectivity index (χ0n) is 16.8. The molecular formula is C25H21BrO3S. The molecule has 0 radical (unpaired) electrons. The second-order valence-electron chi connectivity index (χ2n) is 6.88. The van der Waals surface area contributed by atoms with Gasteiger partial charge in [-0.25, -0.2) is 0 Å². The van der Waals surface area contributed by atoms with Crippen LogP contribution in [0.3, 0.4) is 0 Å². The molecule has 1 heterocycles. The normalized spacial score (nSPS) is 10.9. The molecule has 0 saturated carbocycles. The van der Waals surface area contributed by atoms with Crippen LogP contribution >= 0.6 is 27.3 Å². The standard InChI is InChI=1S/C25H21BrO3S/c1-16-13-17(29-12-11-26)14-20(18-7-3-5-9-22(18)28-2)24(16)25(27)21-15-30-23-10-6-4-8-19(21)23/h3-10,13-15H,11-12H2,1-2H3. The van der Waals surface area contributed by atoms with E-state index >= 15 is 0 Å². The van der Waals surface area contributed by atoms with E-state index < -0.39 is 0 Å². The van der Waals surface area contributed by atoms with Crippen LogP contribution in [-0.4, -0.2) is 24.8 Å². The Morgan fingerprint density at radius 3 is 2.60 bits per heavy atom. The molecule has 0 aliphatic rings. The molecule has 0 aliphatic carbocycles. The highest BCUT2D eigenvalue weighted by atomic mass is 79.9. The van der Waals surface area contributed by atoms with Crippen molar-refractivity contribution < 1.29 is 14.3 Å². The summed E-state index contributed by atoms with van der Waals surface area (Å²) in [5.41, 5.74) is 3.97. The van der Waals surface area contributed by atoms with E-state index in [9.17, 15) is 4.79 Å². The van der Waals surface area contributed by atoms with E-state index in [0.29, 0.717) is 12.2 Å². The van der Waals surface area contributed by atoms with Gasteiger partial charge in [-0.1, -0.05) is 52.3 Å². The maximum Gasteiger partial charge on any atom is 0.195 e. The Kier molecular flexibility index (Phi) is 6.21. The number of alkyl halides is 1. The van der Waals surface area contributed by atoms with Crippen LogP contribution in [0.5, 0.6) is 11.5 Å². The lowest BCUT2D eigenvalue weighted by Gasteiger charge is -2.17. The Morgan fingerprint density at radius 2 is 1.80 bits per heavy atom. The molecule has 30 heavy (non-hydrogen) atoms. The van der Waals surface area contributed by atoms with E-state index in [0.717, 1.165) is 49.2 Å². The number of rotatable bonds is 7. The first kappa shape index (κ1) is 20.6. The molecule has 3 nitrogen and oxygen atoms in total. The highest BCUT2D eigenvalue weighted by molar-refractivity contribution is 9.09. The predicted molar refractivity (Wildman–Crippen MR) is 128 cm³/mol. The molecular weight excluding hydrogens is 460 g/mol. The second kappa shape index (κ2) is 9.02. The van der Waals surface area contributed by atoms with E-state index in [1.165, 1.54) is 0 Å². The van der Waals surface area contributed by atoms with Gasteiger partial charge in [0.25, 0.3) is 0 Å². The Hall–Kier alpha value is -2.63. The van der Waals surface area contributed by atoms with Crippen LogP contribution in [0.4, 0.5) is 0 Å². The number of thiophene rings is 1. The van der Waals surface area contributed by atoms with Crippen LogP contribution in [0, 0.1) is 6.92 Å². The van der Waals surface area contributed by atoms with E-state index in [4.69, 9.17) is 9.47 Å². The van der Waals surface area contributed by atoms with Gasteiger partial charge >= 0.3 is 0 Å². The number of methoxy groups -OCH3 is 1. The lowest BCUT2D eigenvalue weighted by molar-refractivity contribution is 0.104. The Bertz CT molecular complexity index is 1210. The third-order valence-corrected chi connectivity index (χ3v) is 6.29. The fourth-order valence-electron chi connectivity index (χ4n) is 3.66. The molecule has 0 fully saturated rings. The molecule has 3 aromatic carbocycles. The zero-order chi connectivity index (χ0) is 21.1. The number of ether oxygens (including phenoxy) is 2. The maximum absolute atomic E-state index is 13.8. The third-order valence-electron chi connectivity index (χ3n) is 5.00. The van der Waals surface area contributed by atoms with Gasteiger partial charge in [-0.05, 0) is 36.8 Å². The van der Waals surface area contributed by atoms with Crippen molar-refractivity contribution in [3.05, 3.63) is 82.7 Å². The second-order valence-corrected chi connectivity index (χ2v) is 8.58. The van der Waals surface area contributed by atoms with Crippen molar-refractivity contribution in [1.29, 1.82) is 0 Å². The molecule has 152 valence electrons. The van der Waals surface area contributed by atoms with Gasteiger partial charge in [-0.15, -0.1) is 11.3 Å². The van der Waals surface area contributed by atoms with Crippen LogP contribution in [-0.2, 0) is 0 Å². The molecule has 5 heteroatoms. The van der Waals surface area contributed by atoms with Crippen LogP contribution in [0.1, 0.15) is 21.5 Å². The summed E-state index contributed by atoms with van der Waals surface area (Å²) in [4.78, 5) is 13.8. The van der Waals surface area contributed by atoms with Crippen LogP contribution in [0.25, 0.3) is 21.2 Å². The van der Waals surface area contributed by atoms with Crippen molar-refractivity contribution in [2.45, 2.75) is 6.92 Å². The van der Waals surface area contributed by atoms with Gasteiger partial charge in [0, 0.05) is 43.1 Å². The molecule has 0 amide bonds. The highest BCUT2D eigenvalue weighted by Gasteiger charge is 2.23. The van der Waals surface area contributed by atoms with Crippen molar-refractivity contribution in [2.75, 3.05) is 19.0 Å². The fourth-order valence-corrected chi connectivity index (χ4v) is 4.77. The summed E-state index contributed by atoms with van der Waals surface area (Å²) in [5.74, 6) is 1.47. The lowest BCUT2D eigenvalue weighted by atomic mass is 9.89. The fraction of sp³-hybridized carbons (Fsp3) is 0.160. The molecule has 4 aromatic rings. The molecule has 1 aromatic heterocycles. The van der Waals surface area contributed by atoms with Crippen LogP contribution < -0.4 is 9.47 Å². The average Bonchev–Trinajstić information content (AvgIpc) is 3.21. The molecule has 0 bridgehead atoms. The summed E-state index contributed by atoms with van der Waals surface area (Å²) in [6.45, 7) is 2.51. The minimum absolute atomic E-state index is 0.0119. The minimum atomic E-state index is 0.0119. The number of para-hydroxylation sites is 1. The number of carbonyl (C=O) groups is 1.